The second-order valence-electron chi connectivity index (χ2n) is 7.12. The largest absolute Gasteiger partial charge is 0.492 e. The molecule has 0 aliphatic heterocycles. The van der Waals surface area contributed by atoms with Crippen molar-refractivity contribution < 1.29 is 9.53 Å². The number of ether oxygens (including phenoxy) is 1. The van der Waals surface area contributed by atoms with E-state index in [0.29, 0.717) is 29.1 Å². The van der Waals surface area contributed by atoms with Crippen LogP contribution in [0, 0.1) is 0 Å². The van der Waals surface area contributed by atoms with E-state index in [9.17, 15) is 9.59 Å². The van der Waals surface area contributed by atoms with Gasteiger partial charge < -0.3 is 10.1 Å². The van der Waals surface area contributed by atoms with Crippen molar-refractivity contribution >= 4 is 22.6 Å². The van der Waals surface area contributed by atoms with Crippen molar-refractivity contribution in [1.82, 2.24) is 19.3 Å². The van der Waals surface area contributed by atoms with Gasteiger partial charge in [0.05, 0.1) is 24.0 Å². The Morgan fingerprint density at radius 1 is 1.26 bits per heavy atom. The van der Waals surface area contributed by atoms with Crippen molar-refractivity contribution in [3.63, 3.8) is 0 Å². The Balaban J connectivity index is 1.84. The van der Waals surface area contributed by atoms with Crippen molar-refractivity contribution in [2.24, 2.45) is 0 Å². The summed E-state index contributed by atoms with van der Waals surface area (Å²) in [5.41, 5.74) is 0.467. The fraction of sp³-hybridized carbons (Fsp3) is 0.368. The predicted molar refractivity (Wildman–Crippen MR) is 103 cm³/mol. The highest BCUT2D eigenvalue weighted by molar-refractivity contribution is 5.92. The Labute approximate surface area is 156 Å². The average molecular weight is 369 g/mol. The summed E-state index contributed by atoms with van der Waals surface area (Å²) in [7, 11) is 0. The summed E-state index contributed by atoms with van der Waals surface area (Å²) in [6.07, 6.45) is 2.87. The number of carbonyl (C=O) groups is 1. The summed E-state index contributed by atoms with van der Waals surface area (Å²) in [6.45, 7) is 8.16. The van der Waals surface area contributed by atoms with Crippen LogP contribution >= 0.6 is 0 Å². The van der Waals surface area contributed by atoms with Crippen LogP contribution in [0.2, 0.25) is 0 Å². The predicted octanol–water partition coefficient (Wildman–Crippen LogP) is 2.39. The SMILES string of the molecule is CCOc1ccccc1NC(=O)Cn1cnc2c(cnn2C(C)(C)C)c1=O. The number of nitrogens with one attached hydrogen (secondary N) is 1. The first-order chi connectivity index (χ1) is 12.8. The van der Waals surface area contributed by atoms with E-state index in [1.807, 2.05) is 33.8 Å². The monoisotopic (exact) mass is 369 g/mol. The maximum atomic E-state index is 12.7. The molecular formula is C19H23N5O3. The number of benzene rings is 1. The molecule has 142 valence electrons. The molecule has 8 nitrogen and oxygen atoms in total. The number of carbonyl (C=O) groups excluding carboxylic acids is 1. The number of amides is 1. The highest BCUT2D eigenvalue weighted by Gasteiger charge is 2.20. The lowest BCUT2D eigenvalue weighted by Crippen LogP contribution is -2.29. The summed E-state index contributed by atoms with van der Waals surface area (Å²) in [5.74, 6) is 0.245. The molecule has 27 heavy (non-hydrogen) atoms. The summed E-state index contributed by atoms with van der Waals surface area (Å²) in [6, 6.07) is 7.16. The van der Waals surface area contributed by atoms with E-state index >= 15 is 0 Å². The van der Waals surface area contributed by atoms with Gasteiger partial charge in [-0.1, -0.05) is 12.1 Å². The minimum Gasteiger partial charge on any atom is -0.492 e. The third-order valence-electron chi connectivity index (χ3n) is 3.96. The molecule has 0 saturated heterocycles. The Morgan fingerprint density at radius 2 is 2.00 bits per heavy atom. The zero-order valence-electron chi connectivity index (χ0n) is 15.9. The number of nitrogens with zero attached hydrogens (tertiary/aromatic N) is 4. The average Bonchev–Trinajstić information content (AvgIpc) is 3.04. The van der Waals surface area contributed by atoms with Crippen molar-refractivity contribution in [2.75, 3.05) is 11.9 Å². The Bertz CT molecular complexity index is 1030. The van der Waals surface area contributed by atoms with Crippen LogP contribution in [0.15, 0.2) is 41.6 Å². The number of aromatic nitrogens is 4. The first-order valence-corrected chi connectivity index (χ1v) is 8.76. The topological polar surface area (TPSA) is 91.0 Å². The van der Waals surface area contributed by atoms with Crippen LogP contribution in [0.25, 0.3) is 11.0 Å². The number of para-hydroxylation sites is 2. The van der Waals surface area contributed by atoms with E-state index in [1.165, 1.54) is 17.1 Å². The van der Waals surface area contributed by atoms with E-state index < -0.39 is 0 Å². The van der Waals surface area contributed by atoms with Crippen LogP contribution in [-0.2, 0) is 16.9 Å². The van der Waals surface area contributed by atoms with Gasteiger partial charge in [0.2, 0.25) is 5.91 Å². The smallest absolute Gasteiger partial charge is 0.264 e. The van der Waals surface area contributed by atoms with Crippen LogP contribution in [0.3, 0.4) is 0 Å². The van der Waals surface area contributed by atoms with Crippen LogP contribution < -0.4 is 15.6 Å². The normalized spacial score (nSPS) is 11.6. The quantitative estimate of drug-likeness (QED) is 0.746. The highest BCUT2D eigenvalue weighted by atomic mass is 16.5. The van der Waals surface area contributed by atoms with Gasteiger partial charge >= 0.3 is 0 Å². The van der Waals surface area contributed by atoms with Gasteiger partial charge in [0.15, 0.2) is 5.65 Å². The summed E-state index contributed by atoms with van der Waals surface area (Å²) >= 11 is 0. The maximum absolute atomic E-state index is 12.7. The van der Waals surface area contributed by atoms with Gasteiger partial charge in [-0.2, -0.15) is 5.10 Å². The molecule has 1 aromatic carbocycles. The number of fused-ring (bicyclic) bond motifs is 1. The van der Waals surface area contributed by atoms with Gasteiger partial charge in [0.1, 0.15) is 24.0 Å². The Kier molecular flexibility index (Phi) is 4.98. The lowest BCUT2D eigenvalue weighted by molar-refractivity contribution is -0.116. The maximum Gasteiger partial charge on any atom is 0.264 e. The molecule has 2 heterocycles. The molecule has 0 unspecified atom stereocenters. The molecule has 0 fully saturated rings. The first-order valence-electron chi connectivity index (χ1n) is 8.76. The van der Waals surface area contributed by atoms with E-state index in [4.69, 9.17) is 4.74 Å². The van der Waals surface area contributed by atoms with Gasteiger partial charge in [0, 0.05) is 0 Å². The summed E-state index contributed by atoms with van der Waals surface area (Å²) < 4.78 is 8.47. The van der Waals surface area contributed by atoms with Crippen molar-refractivity contribution in [3.05, 3.63) is 47.1 Å². The molecule has 0 aliphatic rings. The molecule has 3 rings (SSSR count). The van der Waals surface area contributed by atoms with E-state index in [-0.39, 0.29) is 23.6 Å². The van der Waals surface area contributed by atoms with Crippen molar-refractivity contribution in [2.45, 2.75) is 39.8 Å². The highest BCUT2D eigenvalue weighted by Crippen LogP contribution is 2.23. The molecule has 2 aromatic heterocycles. The molecule has 1 N–H and O–H groups in total. The summed E-state index contributed by atoms with van der Waals surface area (Å²) in [5, 5.41) is 7.43. The molecular weight excluding hydrogens is 346 g/mol. The lowest BCUT2D eigenvalue weighted by Gasteiger charge is -2.19. The fourth-order valence-electron chi connectivity index (χ4n) is 2.75. The number of hydrogen-bond donors (Lipinski definition) is 1. The number of rotatable bonds is 5. The first kappa shape index (κ1) is 18.6. The molecule has 0 radical (unpaired) electrons. The lowest BCUT2D eigenvalue weighted by atomic mass is 10.1. The zero-order chi connectivity index (χ0) is 19.6. The third kappa shape index (κ3) is 3.84. The van der Waals surface area contributed by atoms with E-state index in [0.717, 1.165) is 0 Å². The zero-order valence-corrected chi connectivity index (χ0v) is 15.9. The molecule has 0 saturated carbocycles. The van der Waals surface area contributed by atoms with Crippen molar-refractivity contribution in [1.29, 1.82) is 0 Å². The Morgan fingerprint density at radius 3 is 2.70 bits per heavy atom. The second kappa shape index (κ2) is 7.22. The fourth-order valence-corrected chi connectivity index (χ4v) is 2.75. The van der Waals surface area contributed by atoms with Gasteiger partial charge in [-0.25, -0.2) is 9.67 Å². The third-order valence-corrected chi connectivity index (χ3v) is 3.96. The van der Waals surface area contributed by atoms with E-state index in [2.05, 4.69) is 15.4 Å². The molecule has 8 heteroatoms. The van der Waals surface area contributed by atoms with Crippen LogP contribution in [-0.4, -0.2) is 31.8 Å². The van der Waals surface area contributed by atoms with Crippen LogP contribution in [0.1, 0.15) is 27.7 Å². The number of hydrogen-bond acceptors (Lipinski definition) is 5. The molecule has 3 aromatic rings. The minimum atomic E-state index is -0.339. The van der Waals surface area contributed by atoms with Gasteiger partial charge in [-0.15, -0.1) is 0 Å². The molecule has 0 bridgehead atoms. The van der Waals surface area contributed by atoms with E-state index in [1.54, 1.807) is 22.9 Å². The van der Waals surface area contributed by atoms with Gasteiger partial charge in [-0.3, -0.25) is 14.2 Å². The molecule has 0 atom stereocenters. The Hall–Kier alpha value is -3.16. The number of anilines is 1. The van der Waals surface area contributed by atoms with Gasteiger partial charge in [-0.05, 0) is 39.8 Å². The summed E-state index contributed by atoms with van der Waals surface area (Å²) in [4.78, 5) is 29.4. The van der Waals surface area contributed by atoms with Gasteiger partial charge in [0.25, 0.3) is 5.56 Å². The van der Waals surface area contributed by atoms with Crippen LogP contribution in [0.5, 0.6) is 5.75 Å². The second-order valence-corrected chi connectivity index (χ2v) is 7.12. The molecule has 0 aliphatic carbocycles. The standard InChI is InChI=1S/C19H23N5O3/c1-5-27-15-9-7-6-8-14(15)22-16(25)11-23-12-20-17-13(18(23)26)10-21-24(17)19(2,3)4/h6-10,12H,5,11H2,1-4H3,(H,22,25). The molecule has 0 spiro atoms. The van der Waals surface area contributed by atoms with Crippen LogP contribution in [0.4, 0.5) is 5.69 Å². The van der Waals surface area contributed by atoms with Crippen molar-refractivity contribution in [3.8, 4) is 5.75 Å². The molecule has 1 amide bonds. The minimum absolute atomic E-state index is 0.150.